The third-order valence-electron chi connectivity index (χ3n) is 9.38. The van der Waals surface area contributed by atoms with E-state index in [1.807, 2.05) is 6.08 Å². The van der Waals surface area contributed by atoms with Gasteiger partial charge in [0.25, 0.3) is 0 Å². The molecule has 3 heterocycles. The van der Waals surface area contributed by atoms with Crippen molar-refractivity contribution in [2.24, 2.45) is 22.7 Å². The van der Waals surface area contributed by atoms with E-state index in [0.29, 0.717) is 30.4 Å². The third kappa shape index (κ3) is 4.05. The lowest BCUT2D eigenvalue weighted by molar-refractivity contribution is -0.315. The van der Waals surface area contributed by atoms with Crippen molar-refractivity contribution >= 4 is 5.97 Å². The molecule has 1 saturated carbocycles. The Morgan fingerprint density at radius 3 is 2.65 bits per heavy atom. The highest BCUT2D eigenvalue weighted by molar-refractivity contribution is 5.93. The molecule has 0 spiro atoms. The summed E-state index contributed by atoms with van der Waals surface area (Å²) in [5, 5.41) is 51.5. The van der Waals surface area contributed by atoms with Crippen molar-refractivity contribution in [1.82, 2.24) is 0 Å². The number of aliphatic hydroxyl groups excluding tert-OH is 5. The van der Waals surface area contributed by atoms with Crippen molar-refractivity contribution in [3.63, 3.8) is 0 Å². The molecular weight excluding hydrogens is 484 g/mol. The molecule has 5 rings (SSSR count). The molecule has 2 saturated heterocycles. The van der Waals surface area contributed by atoms with Gasteiger partial charge in [-0.05, 0) is 43.1 Å². The quantitative estimate of drug-likeness (QED) is 0.265. The van der Waals surface area contributed by atoms with E-state index in [2.05, 4.69) is 20.4 Å². The molecule has 5 N–H and O–H groups in total. The predicted molar refractivity (Wildman–Crippen MR) is 128 cm³/mol. The summed E-state index contributed by atoms with van der Waals surface area (Å²) in [6, 6.07) is 1.72. The fourth-order valence-electron chi connectivity index (χ4n) is 7.40. The molecule has 0 bridgehead atoms. The van der Waals surface area contributed by atoms with Crippen molar-refractivity contribution in [2.75, 3.05) is 6.61 Å². The highest BCUT2D eigenvalue weighted by Crippen LogP contribution is 2.66. The van der Waals surface area contributed by atoms with Crippen LogP contribution >= 0.6 is 0 Å². The molecule has 3 fully saturated rings. The molecular formula is C27H36O10. The number of carbonyl (C=O) groups is 1. The van der Waals surface area contributed by atoms with E-state index < -0.39 is 60.2 Å². The van der Waals surface area contributed by atoms with Gasteiger partial charge in [0.15, 0.2) is 6.29 Å². The Morgan fingerprint density at radius 1 is 1.24 bits per heavy atom. The van der Waals surface area contributed by atoms with Crippen molar-refractivity contribution < 1.29 is 49.0 Å². The third-order valence-corrected chi connectivity index (χ3v) is 9.38. The number of esters is 1. The predicted octanol–water partition coefficient (Wildman–Crippen LogP) is 1.89. The summed E-state index contributed by atoms with van der Waals surface area (Å²) in [5.74, 6) is -0.782. The molecule has 4 aliphatic rings. The van der Waals surface area contributed by atoms with Crippen LogP contribution in [0.25, 0.3) is 0 Å². The van der Waals surface area contributed by atoms with E-state index in [1.165, 1.54) is 12.5 Å². The Kier molecular flexibility index (Phi) is 6.79. The van der Waals surface area contributed by atoms with Gasteiger partial charge in [0.1, 0.15) is 30.5 Å². The van der Waals surface area contributed by atoms with Gasteiger partial charge in [-0.1, -0.05) is 26.5 Å². The van der Waals surface area contributed by atoms with Crippen LogP contribution in [0, 0.1) is 22.7 Å². The van der Waals surface area contributed by atoms with E-state index in [4.69, 9.17) is 18.6 Å². The summed E-state index contributed by atoms with van der Waals surface area (Å²) in [4.78, 5) is 12.7. The van der Waals surface area contributed by atoms with Gasteiger partial charge < -0.3 is 44.2 Å². The lowest BCUT2D eigenvalue weighted by atomic mass is 9.45. The lowest BCUT2D eigenvalue weighted by Gasteiger charge is -2.58. The summed E-state index contributed by atoms with van der Waals surface area (Å²) >= 11 is 0. The maximum absolute atomic E-state index is 12.7. The zero-order valence-corrected chi connectivity index (χ0v) is 21.0. The number of ether oxygens (including phenoxy) is 3. The maximum Gasteiger partial charge on any atom is 0.334 e. The Labute approximate surface area is 215 Å². The molecule has 11 atom stereocenters. The molecule has 0 radical (unpaired) electrons. The van der Waals surface area contributed by atoms with Gasteiger partial charge in [-0.15, -0.1) is 0 Å². The molecule has 0 amide bonds. The SMILES string of the molecule is C=C(O)C1CC2OC(=O)C3=CCCC(C1(C)CC(OC1OC(CO)C(O)C(O)C1O)c1ccoc1)C32C. The smallest absolute Gasteiger partial charge is 0.334 e. The summed E-state index contributed by atoms with van der Waals surface area (Å²) in [6.45, 7) is 7.40. The maximum atomic E-state index is 12.7. The summed E-state index contributed by atoms with van der Waals surface area (Å²) in [5.41, 5.74) is 0.163. The zero-order valence-electron chi connectivity index (χ0n) is 21.0. The summed E-state index contributed by atoms with van der Waals surface area (Å²) < 4.78 is 23.0. The van der Waals surface area contributed by atoms with Gasteiger partial charge in [0, 0.05) is 22.5 Å². The molecule has 10 nitrogen and oxygen atoms in total. The molecule has 2 aliphatic carbocycles. The van der Waals surface area contributed by atoms with Crippen LogP contribution in [0.15, 0.2) is 47.0 Å². The fourth-order valence-corrected chi connectivity index (χ4v) is 7.40. The number of carbonyl (C=O) groups excluding carboxylic acids is 1. The van der Waals surface area contributed by atoms with Crippen molar-refractivity contribution in [3.8, 4) is 0 Å². The average Bonchev–Trinajstić information content (AvgIpc) is 3.48. The second kappa shape index (κ2) is 9.52. The minimum Gasteiger partial charge on any atom is -0.513 e. The van der Waals surface area contributed by atoms with Gasteiger partial charge in [0.2, 0.25) is 0 Å². The Bertz CT molecular complexity index is 1050. The van der Waals surface area contributed by atoms with Crippen LogP contribution in [0.1, 0.15) is 51.2 Å². The first-order valence-electron chi connectivity index (χ1n) is 12.8. The van der Waals surface area contributed by atoms with Crippen LogP contribution in [0.3, 0.4) is 0 Å². The van der Waals surface area contributed by atoms with E-state index in [0.717, 1.165) is 6.42 Å². The van der Waals surface area contributed by atoms with Crippen LogP contribution in [0.5, 0.6) is 0 Å². The number of hydrogen-bond donors (Lipinski definition) is 5. The Balaban J connectivity index is 1.50. The van der Waals surface area contributed by atoms with Crippen molar-refractivity contribution in [3.05, 3.63) is 48.1 Å². The molecule has 37 heavy (non-hydrogen) atoms. The molecule has 204 valence electrons. The normalized spacial score (nSPS) is 44.1. The number of aliphatic hydroxyl groups is 5. The van der Waals surface area contributed by atoms with Crippen LogP contribution in [-0.2, 0) is 19.0 Å². The molecule has 11 unspecified atom stereocenters. The number of furan rings is 1. The minimum atomic E-state index is -1.58. The Hall–Kier alpha value is -2.21. The van der Waals surface area contributed by atoms with Crippen LogP contribution in [0.2, 0.25) is 0 Å². The number of allylic oxidation sites excluding steroid dienone is 2. The van der Waals surface area contributed by atoms with Crippen molar-refractivity contribution in [1.29, 1.82) is 0 Å². The summed E-state index contributed by atoms with van der Waals surface area (Å²) in [6.07, 6.45) is -1.04. The van der Waals surface area contributed by atoms with Crippen LogP contribution < -0.4 is 0 Å². The largest absolute Gasteiger partial charge is 0.513 e. The van der Waals surface area contributed by atoms with E-state index in [9.17, 15) is 30.3 Å². The number of hydrogen-bond acceptors (Lipinski definition) is 10. The lowest BCUT2D eigenvalue weighted by Crippen LogP contribution is -2.59. The first-order valence-corrected chi connectivity index (χ1v) is 12.8. The van der Waals surface area contributed by atoms with Crippen LogP contribution in [-0.4, -0.2) is 74.9 Å². The second-order valence-electron chi connectivity index (χ2n) is 11.3. The first-order chi connectivity index (χ1) is 17.5. The zero-order chi connectivity index (χ0) is 26.7. The Morgan fingerprint density at radius 2 is 2.00 bits per heavy atom. The first kappa shape index (κ1) is 26.4. The molecule has 1 aromatic heterocycles. The van der Waals surface area contributed by atoms with Gasteiger partial charge in [-0.3, -0.25) is 0 Å². The van der Waals surface area contributed by atoms with E-state index in [1.54, 1.807) is 6.07 Å². The number of rotatable bonds is 7. The van der Waals surface area contributed by atoms with E-state index >= 15 is 0 Å². The van der Waals surface area contributed by atoms with Crippen LogP contribution in [0.4, 0.5) is 0 Å². The average molecular weight is 521 g/mol. The van der Waals surface area contributed by atoms with Crippen molar-refractivity contribution in [2.45, 2.75) is 82.4 Å². The minimum absolute atomic E-state index is 0.00221. The topological polar surface area (TPSA) is 159 Å². The highest BCUT2D eigenvalue weighted by atomic mass is 16.7. The standard InChI is InChI=1S/C27H36O10/c1-13(29)16-9-20-27(3)15(24(33)37-20)5-4-6-19(27)26(16,2)10-17(14-7-8-34-12-14)35-25-23(32)22(31)21(30)18(11-28)36-25/h5,7-8,12,16-23,25,28-32H,1,4,6,9-11H2,2-3H3. The van der Waals surface area contributed by atoms with Gasteiger partial charge >= 0.3 is 5.97 Å². The molecule has 2 aliphatic heterocycles. The van der Waals surface area contributed by atoms with E-state index in [-0.39, 0.29) is 23.8 Å². The van der Waals surface area contributed by atoms with Gasteiger partial charge in [0.05, 0.1) is 31.0 Å². The monoisotopic (exact) mass is 520 g/mol. The molecule has 1 aromatic rings. The molecule has 0 aromatic carbocycles. The van der Waals surface area contributed by atoms with Gasteiger partial charge in [-0.2, -0.15) is 0 Å². The molecule has 10 heteroatoms. The second-order valence-corrected chi connectivity index (χ2v) is 11.3. The van der Waals surface area contributed by atoms with Gasteiger partial charge in [-0.25, -0.2) is 4.79 Å². The summed E-state index contributed by atoms with van der Waals surface area (Å²) in [7, 11) is 0. The fraction of sp³-hybridized carbons (Fsp3) is 0.667. The highest BCUT2D eigenvalue weighted by Gasteiger charge is 2.66.